The first kappa shape index (κ1) is 15.6. The van der Waals surface area contributed by atoms with Crippen molar-refractivity contribution in [3.63, 3.8) is 0 Å². The average molecular weight is 314 g/mol. The quantitative estimate of drug-likeness (QED) is 0.866. The zero-order valence-electron chi connectivity index (χ0n) is 13.9. The molecule has 0 aliphatic carbocycles. The van der Waals surface area contributed by atoms with Crippen LogP contribution in [0, 0.1) is 20.8 Å². The SMILES string of the molecule is Cc1ccnc(C2CCN(C(=O)CCc3c(C)noc3C)C2)n1. The minimum Gasteiger partial charge on any atom is -0.361 e. The number of rotatable bonds is 4. The molecule has 0 aromatic carbocycles. The molecule has 3 heterocycles. The molecule has 1 aliphatic rings. The van der Waals surface area contributed by atoms with Crippen molar-refractivity contribution in [1.82, 2.24) is 20.0 Å². The lowest BCUT2D eigenvalue weighted by atomic mass is 10.1. The van der Waals surface area contributed by atoms with E-state index >= 15 is 0 Å². The van der Waals surface area contributed by atoms with Gasteiger partial charge < -0.3 is 9.42 Å². The smallest absolute Gasteiger partial charge is 0.222 e. The Bertz CT molecular complexity index is 691. The molecule has 1 saturated heterocycles. The highest BCUT2D eigenvalue weighted by Crippen LogP contribution is 2.25. The summed E-state index contributed by atoms with van der Waals surface area (Å²) in [7, 11) is 0. The highest BCUT2D eigenvalue weighted by Gasteiger charge is 2.29. The van der Waals surface area contributed by atoms with Gasteiger partial charge in [-0.1, -0.05) is 5.16 Å². The summed E-state index contributed by atoms with van der Waals surface area (Å²) in [5, 5.41) is 3.94. The molecule has 2 aromatic rings. The predicted molar refractivity (Wildman–Crippen MR) is 85.0 cm³/mol. The van der Waals surface area contributed by atoms with Crippen molar-refractivity contribution in [2.75, 3.05) is 13.1 Å². The van der Waals surface area contributed by atoms with Crippen LogP contribution in [-0.2, 0) is 11.2 Å². The van der Waals surface area contributed by atoms with Crippen LogP contribution in [0.1, 0.15) is 47.3 Å². The third-order valence-corrected chi connectivity index (χ3v) is 4.49. The van der Waals surface area contributed by atoms with Crippen LogP contribution in [0.4, 0.5) is 0 Å². The fraction of sp³-hybridized carbons (Fsp3) is 0.529. The van der Waals surface area contributed by atoms with Gasteiger partial charge in [-0.25, -0.2) is 9.97 Å². The normalized spacial score (nSPS) is 17.7. The Kier molecular flexibility index (Phi) is 4.41. The standard InChI is InChI=1S/C17H22N4O2/c1-11-6-8-18-17(19-11)14-7-9-21(10-14)16(22)5-4-15-12(2)20-23-13(15)3/h6,8,14H,4-5,7,9-10H2,1-3H3. The van der Waals surface area contributed by atoms with Gasteiger partial charge in [0.15, 0.2) is 0 Å². The van der Waals surface area contributed by atoms with Crippen molar-refractivity contribution < 1.29 is 9.32 Å². The molecule has 1 amide bonds. The van der Waals surface area contributed by atoms with Crippen molar-refractivity contribution in [3.05, 3.63) is 40.8 Å². The fourth-order valence-electron chi connectivity index (χ4n) is 3.11. The molecule has 2 aromatic heterocycles. The molecule has 0 radical (unpaired) electrons. The van der Waals surface area contributed by atoms with Crippen LogP contribution in [0.2, 0.25) is 0 Å². The van der Waals surface area contributed by atoms with Crippen LogP contribution in [0.25, 0.3) is 0 Å². The first-order valence-electron chi connectivity index (χ1n) is 8.03. The number of likely N-dealkylation sites (tertiary alicyclic amines) is 1. The predicted octanol–water partition coefficient (Wildman–Crippen LogP) is 2.34. The van der Waals surface area contributed by atoms with Gasteiger partial charge in [-0.3, -0.25) is 4.79 Å². The number of aromatic nitrogens is 3. The molecule has 6 heteroatoms. The van der Waals surface area contributed by atoms with Gasteiger partial charge in [0.05, 0.1) is 5.69 Å². The number of carbonyl (C=O) groups is 1. The summed E-state index contributed by atoms with van der Waals surface area (Å²) in [6.07, 6.45) is 3.90. The third kappa shape index (κ3) is 3.41. The highest BCUT2D eigenvalue weighted by atomic mass is 16.5. The van der Waals surface area contributed by atoms with E-state index in [4.69, 9.17) is 4.52 Å². The monoisotopic (exact) mass is 314 g/mol. The molecular weight excluding hydrogens is 292 g/mol. The molecule has 23 heavy (non-hydrogen) atoms. The van der Waals surface area contributed by atoms with Gasteiger partial charge in [0.1, 0.15) is 11.6 Å². The molecule has 0 N–H and O–H groups in total. The van der Waals surface area contributed by atoms with Crippen LogP contribution >= 0.6 is 0 Å². The Labute approximate surface area is 135 Å². The molecule has 3 rings (SSSR count). The second-order valence-corrected chi connectivity index (χ2v) is 6.18. The number of hydrogen-bond acceptors (Lipinski definition) is 5. The molecule has 1 aliphatic heterocycles. The number of carbonyl (C=O) groups excluding carboxylic acids is 1. The molecular formula is C17H22N4O2. The van der Waals surface area contributed by atoms with Gasteiger partial charge in [0, 0.05) is 42.9 Å². The van der Waals surface area contributed by atoms with Gasteiger partial charge >= 0.3 is 0 Å². The molecule has 1 atom stereocenters. The minimum absolute atomic E-state index is 0.181. The summed E-state index contributed by atoms with van der Waals surface area (Å²) < 4.78 is 5.15. The van der Waals surface area contributed by atoms with Crippen molar-refractivity contribution in [2.24, 2.45) is 0 Å². The van der Waals surface area contributed by atoms with E-state index < -0.39 is 0 Å². The van der Waals surface area contributed by atoms with E-state index in [-0.39, 0.29) is 11.8 Å². The molecule has 0 bridgehead atoms. The molecule has 0 saturated carbocycles. The molecule has 1 unspecified atom stereocenters. The van der Waals surface area contributed by atoms with Gasteiger partial charge in [0.25, 0.3) is 0 Å². The minimum atomic E-state index is 0.181. The summed E-state index contributed by atoms with van der Waals surface area (Å²) in [5.74, 6) is 2.09. The van der Waals surface area contributed by atoms with Crippen LogP contribution in [0.15, 0.2) is 16.8 Å². The second kappa shape index (κ2) is 6.48. The largest absolute Gasteiger partial charge is 0.361 e. The van der Waals surface area contributed by atoms with Gasteiger partial charge in [0.2, 0.25) is 5.91 Å². The van der Waals surface area contributed by atoms with Crippen molar-refractivity contribution in [1.29, 1.82) is 0 Å². The van der Waals surface area contributed by atoms with E-state index in [1.54, 1.807) is 6.20 Å². The maximum Gasteiger partial charge on any atom is 0.222 e. The van der Waals surface area contributed by atoms with Crippen molar-refractivity contribution in [3.8, 4) is 0 Å². The summed E-state index contributed by atoms with van der Waals surface area (Å²) in [6.45, 7) is 7.26. The van der Waals surface area contributed by atoms with Crippen LogP contribution in [-0.4, -0.2) is 39.0 Å². The maximum atomic E-state index is 12.4. The van der Waals surface area contributed by atoms with E-state index in [1.165, 1.54) is 0 Å². The van der Waals surface area contributed by atoms with E-state index in [0.29, 0.717) is 19.4 Å². The zero-order chi connectivity index (χ0) is 16.4. The lowest BCUT2D eigenvalue weighted by molar-refractivity contribution is -0.130. The topological polar surface area (TPSA) is 72.1 Å². The lowest BCUT2D eigenvalue weighted by Gasteiger charge is -2.16. The highest BCUT2D eigenvalue weighted by molar-refractivity contribution is 5.77. The van der Waals surface area contributed by atoms with Crippen molar-refractivity contribution >= 4 is 5.91 Å². The first-order valence-corrected chi connectivity index (χ1v) is 8.03. The third-order valence-electron chi connectivity index (χ3n) is 4.49. The Balaban J connectivity index is 1.57. The number of hydrogen-bond donors (Lipinski definition) is 0. The Morgan fingerprint density at radius 1 is 1.39 bits per heavy atom. The number of nitrogens with zero attached hydrogens (tertiary/aromatic N) is 4. The lowest BCUT2D eigenvalue weighted by Crippen LogP contribution is -2.28. The fourth-order valence-corrected chi connectivity index (χ4v) is 3.11. The summed E-state index contributed by atoms with van der Waals surface area (Å²) >= 11 is 0. The zero-order valence-corrected chi connectivity index (χ0v) is 13.9. The van der Waals surface area contributed by atoms with Crippen LogP contribution in [0.3, 0.4) is 0 Å². The molecule has 122 valence electrons. The summed E-state index contributed by atoms with van der Waals surface area (Å²) in [5.41, 5.74) is 2.90. The van der Waals surface area contributed by atoms with E-state index in [9.17, 15) is 4.79 Å². The molecule has 6 nitrogen and oxygen atoms in total. The van der Waals surface area contributed by atoms with E-state index in [0.717, 1.165) is 41.5 Å². The van der Waals surface area contributed by atoms with Crippen LogP contribution < -0.4 is 0 Å². The van der Waals surface area contributed by atoms with E-state index in [1.807, 2.05) is 31.7 Å². The Hall–Kier alpha value is -2.24. The Morgan fingerprint density at radius 2 is 2.22 bits per heavy atom. The maximum absolute atomic E-state index is 12.4. The van der Waals surface area contributed by atoms with Gasteiger partial charge in [-0.05, 0) is 39.7 Å². The van der Waals surface area contributed by atoms with Gasteiger partial charge in [-0.15, -0.1) is 0 Å². The van der Waals surface area contributed by atoms with Crippen molar-refractivity contribution in [2.45, 2.75) is 46.0 Å². The Morgan fingerprint density at radius 3 is 2.91 bits per heavy atom. The molecule has 0 spiro atoms. The second-order valence-electron chi connectivity index (χ2n) is 6.18. The molecule has 1 fully saturated rings. The van der Waals surface area contributed by atoms with E-state index in [2.05, 4.69) is 15.1 Å². The average Bonchev–Trinajstić information content (AvgIpc) is 3.13. The van der Waals surface area contributed by atoms with Crippen LogP contribution in [0.5, 0.6) is 0 Å². The number of amides is 1. The summed E-state index contributed by atoms with van der Waals surface area (Å²) in [4.78, 5) is 23.2. The van der Waals surface area contributed by atoms with Gasteiger partial charge in [-0.2, -0.15) is 0 Å². The number of aryl methyl sites for hydroxylation is 3. The summed E-state index contributed by atoms with van der Waals surface area (Å²) in [6, 6.07) is 1.89. The first-order chi connectivity index (χ1) is 11.0.